The first kappa shape index (κ1) is 26.1. The first-order valence-electron chi connectivity index (χ1n) is 13.4. The highest BCUT2D eigenvalue weighted by molar-refractivity contribution is 5.86. The van der Waals surface area contributed by atoms with Gasteiger partial charge in [-0.2, -0.15) is 4.98 Å². The number of benzene rings is 1. The van der Waals surface area contributed by atoms with Gasteiger partial charge in [0.2, 0.25) is 5.95 Å². The van der Waals surface area contributed by atoms with Crippen molar-refractivity contribution in [1.29, 1.82) is 0 Å². The molecule has 3 heterocycles. The molecular weight excluding hydrogens is 448 g/mol. The summed E-state index contributed by atoms with van der Waals surface area (Å²) in [4.78, 5) is 13.7. The minimum absolute atomic E-state index is 0.218. The van der Waals surface area contributed by atoms with Gasteiger partial charge in [-0.15, -0.1) is 0 Å². The summed E-state index contributed by atoms with van der Waals surface area (Å²) in [5, 5.41) is 3.38. The predicted molar refractivity (Wildman–Crippen MR) is 148 cm³/mol. The lowest BCUT2D eigenvalue weighted by Gasteiger charge is -2.51. The van der Waals surface area contributed by atoms with Gasteiger partial charge < -0.3 is 20.3 Å². The van der Waals surface area contributed by atoms with Crippen LogP contribution in [0.25, 0.3) is 11.0 Å². The summed E-state index contributed by atoms with van der Waals surface area (Å²) in [5.41, 5.74) is 11.1. The Bertz CT molecular complexity index is 1180. The van der Waals surface area contributed by atoms with Gasteiger partial charge in [0.25, 0.3) is 0 Å². The standard InChI is InChI=1S/C29H43N6O/c1-6-7-15-31-27-26-24(33-28(30)34-27)14-13-23(32-26)19-22-12-11-21(18-25(22)36-5)20-35(29(2,3)4)16-9-8-10-17-35/h11-14,18H,6-10,15-17,19-20H2,1-5H3,(H3,30,31,33,34)/q+1. The zero-order valence-corrected chi connectivity index (χ0v) is 22.7. The summed E-state index contributed by atoms with van der Waals surface area (Å²) in [7, 11) is 1.76. The van der Waals surface area contributed by atoms with Crippen molar-refractivity contribution in [3.05, 3.63) is 47.2 Å². The molecule has 0 radical (unpaired) electrons. The normalized spacial score (nSPS) is 15.7. The van der Waals surface area contributed by atoms with Crippen LogP contribution in [0.4, 0.5) is 11.8 Å². The Morgan fingerprint density at radius 3 is 2.50 bits per heavy atom. The number of anilines is 2. The highest BCUT2D eigenvalue weighted by atomic mass is 16.5. The van der Waals surface area contributed by atoms with Gasteiger partial charge in [0.05, 0.1) is 31.3 Å². The average molecular weight is 492 g/mol. The summed E-state index contributed by atoms with van der Waals surface area (Å²) in [6.07, 6.45) is 6.82. The molecule has 1 aromatic carbocycles. The molecule has 0 spiro atoms. The fourth-order valence-electron chi connectivity index (χ4n) is 5.44. The van der Waals surface area contributed by atoms with E-state index in [2.05, 4.69) is 61.2 Å². The van der Waals surface area contributed by atoms with Crippen LogP contribution >= 0.6 is 0 Å². The first-order valence-corrected chi connectivity index (χ1v) is 13.4. The molecule has 1 aliphatic rings. The van der Waals surface area contributed by atoms with E-state index in [1.54, 1.807) is 7.11 Å². The fraction of sp³-hybridized carbons (Fsp3) is 0.552. The van der Waals surface area contributed by atoms with E-state index in [0.717, 1.165) is 58.5 Å². The van der Waals surface area contributed by atoms with E-state index in [0.29, 0.717) is 12.2 Å². The highest BCUT2D eigenvalue weighted by Crippen LogP contribution is 2.34. The third-order valence-corrected chi connectivity index (χ3v) is 7.74. The summed E-state index contributed by atoms with van der Waals surface area (Å²) in [5.74, 6) is 1.89. The molecule has 3 N–H and O–H groups in total. The van der Waals surface area contributed by atoms with Gasteiger partial charge in [-0.05, 0) is 64.7 Å². The second-order valence-corrected chi connectivity index (χ2v) is 11.2. The van der Waals surface area contributed by atoms with Crippen molar-refractivity contribution in [3.63, 3.8) is 0 Å². The van der Waals surface area contributed by atoms with Crippen LogP contribution in [-0.2, 0) is 13.0 Å². The van der Waals surface area contributed by atoms with Crippen LogP contribution < -0.4 is 15.8 Å². The van der Waals surface area contributed by atoms with Crippen LogP contribution in [-0.4, -0.2) is 51.7 Å². The molecule has 1 fully saturated rings. The van der Waals surface area contributed by atoms with Gasteiger partial charge in [-0.1, -0.05) is 25.5 Å². The third kappa shape index (κ3) is 5.72. The van der Waals surface area contributed by atoms with Crippen LogP contribution in [0, 0.1) is 0 Å². The summed E-state index contributed by atoms with van der Waals surface area (Å²) in [6.45, 7) is 13.7. The molecule has 2 aromatic heterocycles. The molecule has 0 atom stereocenters. The number of nitrogens with two attached hydrogens (primary N) is 1. The fourth-order valence-corrected chi connectivity index (χ4v) is 5.44. The molecule has 7 nitrogen and oxygen atoms in total. The van der Waals surface area contributed by atoms with E-state index in [9.17, 15) is 0 Å². The van der Waals surface area contributed by atoms with Crippen LogP contribution in [0.1, 0.15) is 76.6 Å². The monoisotopic (exact) mass is 491 g/mol. The number of hydrogen-bond donors (Lipinski definition) is 2. The molecule has 7 heteroatoms. The van der Waals surface area contributed by atoms with Crippen molar-refractivity contribution >= 4 is 22.8 Å². The average Bonchev–Trinajstić information content (AvgIpc) is 2.85. The minimum Gasteiger partial charge on any atom is -0.496 e. The molecule has 194 valence electrons. The zero-order chi connectivity index (χ0) is 25.8. The van der Waals surface area contributed by atoms with Crippen molar-refractivity contribution in [2.75, 3.05) is 37.8 Å². The Balaban J connectivity index is 1.59. The van der Waals surface area contributed by atoms with E-state index in [-0.39, 0.29) is 11.5 Å². The van der Waals surface area contributed by atoms with Crippen LogP contribution in [0.5, 0.6) is 5.75 Å². The zero-order valence-electron chi connectivity index (χ0n) is 22.7. The highest BCUT2D eigenvalue weighted by Gasteiger charge is 2.41. The van der Waals surface area contributed by atoms with E-state index in [4.69, 9.17) is 15.5 Å². The third-order valence-electron chi connectivity index (χ3n) is 7.74. The summed E-state index contributed by atoms with van der Waals surface area (Å²) >= 11 is 0. The smallest absolute Gasteiger partial charge is 0.222 e. The number of unbranched alkanes of at least 4 members (excludes halogenated alkanes) is 1. The number of hydrogen-bond acceptors (Lipinski definition) is 6. The Labute approximate surface area is 216 Å². The van der Waals surface area contributed by atoms with Crippen LogP contribution in [0.2, 0.25) is 0 Å². The van der Waals surface area contributed by atoms with Gasteiger partial charge in [-0.25, -0.2) is 9.97 Å². The quantitative estimate of drug-likeness (QED) is 0.294. The van der Waals surface area contributed by atoms with Crippen molar-refractivity contribution in [1.82, 2.24) is 15.0 Å². The maximum absolute atomic E-state index is 5.94. The lowest BCUT2D eigenvalue weighted by Crippen LogP contribution is -2.61. The number of pyridine rings is 1. The first-order chi connectivity index (χ1) is 17.2. The number of nitrogen functional groups attached to an aromatic ring is 1. The number of nitrogens with zero attached hydrogens (tertiary/aromatic N) is 4. The van der Waals surface area contributed by atoms with Gasteiger partial charge >= 0.3 is 0 Å². The lowest BCUT2D eigenvalue weighted by molar-refractivity contribution is -0.986. The largest absolute Gasteiger partial charge is 0.496 e. The predicted octanol–water partition coefficient (Wildman–Crippen LogP) is 5.72. The molecule has 36 heavy (non-hydrogen) atoms. The number of aromatic nitrogens is 3. The second-order valence-electron chi connectivity index (χ2n) is 11.2. The number of methoxy groups -OCH3 is 1. The van der Waals surface area contributed by atoms with Crippen LogP contribution in [0.3, 0.4) is 0 Å². The Morgan fingerprint density at radius 1 is 1.03 bits per heavy atom. The Kier molecular flexibility index (Phi) is 7.98. The molecular formula is C29H43N6O+. The Morgan fingerprint density at radius 2 is 1.81 bits per heavy atom. The van der Waals surface area contributed by atoms with E-state index in [1.165, 1.54) is 37.9 Å². The van der Waals surface area contributed by atoms with Crippen molar-refractivity contribution in [2.45, 2.75) is 78.3 Å². The molecule has 0 unspecified atom stereocenters. The maximum Gasteiger partial charge on any atom is 0.222 e. The maximum atomic E-state index is 5.94. The van der Waals surface area contributed by atoms with E-state index < -0.39 is 0 Å². The van der Waals surface area contributed by atoms with Crippen molar-refractivity contribution < 1.29 is 9.22 Å². The Hall–Kier alpha value is -2.93. The molecule has 0 bridgehead atoms. The summed E-state index contributed by atoms with van der Waals surface area (Å²) in [6, 6.07) is 10.7. The van der Waals surface area contributed by atoms with Crippen LogP contribution in [0.15, 0.2) is 30.3 Å². The number of piperidine rings is 1. The second kappa shape index (κ2) is 11.0. The topological polar surface area (TPSA) is 86.0 Å². The molecule has 3 aromatic rings. The lowest BCUT2D eigenvalue weighted by atomic mass is 9.93. The molecule has 1 saturated heterocycles. The number of rotatable bonds is 9. The molecule has 0 saturated carbocycles. The number of quaternary nitrogens is 1. The van der Waals surface area contributed by atoms with Gasteiger partial charge in [0, 0.05) is 29.8 Å². The molecule has 4 rings (SSSR count). The molecule has 0 aliphatic carbocycles. The van der Waals surface area contributed by atoms with E-state index in [1.807, 2.05) is 12.1 Å². The van der Waals surface area contributed by atoms with Gasteiger partial charge in [0.1, 0.15) is 17.8 Å². The number of ether oxygens (including phenoxy) is 1. The van der Waals surface area contributed by atoms with E-state index >= 15 is 0 Å². The van der Waals surface area contributed by atoms with Crippen molar-refractivity contribution in [3.8, 4) is 5.75 Å². The number of fused-ring (bicyclic) bond motifs is 1. The van der Waals surface area contributed by atoms with Gasteiger partial charge in [0.15, 0.2) is 5.82 Å². The summed E-state index contributed by atoms with van der Waals surface area (Å²) < 4.78 is 7.01. The molecule has 0 amide bonds. The van der Waals surface area contributed by atoms with Gasteiger partial charge in [-0.3, -0.25) is 0 Å². The molecule has 1 aliphatic heterocycles. The number of nitrogens with one attached hydrogen (secondary N) is 1. The number of likely N-dealkylation sites (tertiary alicyclic amines) is 1. The van der Waals surface area contributed by atoms with Crippen molar-refractivity contribution in [2.24, 2.45) is 0 Å². The minimum atomic E-state index is 0.218. The SMILES string of the molecule is CCCCNc1nc(N)nc2ccc(Cc3ccc(C[N+]4(C(C)(C)C)CCCCC4)cc3OC)nc12.